The van der Waals surface area contributed by atoms with Crippen LogP contribution in [0.25, 0.3) is 10.9 Å². The molecule has 0 spiro atoms. The average molecular weight is 257 g/mol. The van der Waals surface area contributed by atoms with Crippen molar-refractivity contribution < 1.29 is 9.59 Å². The van der Waals surface area contributed by atoms with E-state index in [4.69, 9.17) is 0 Å². The van der Waals surface area contributed by atoms with Gasteiger partial charge in [0.05, 0.1) is 11.2 Å². The van der Waals surface area contributed by atoms with Crippen LogP contribution in [0.3, 0.4) is 0 Å². The number of aromatic nitrogens is 1. The van der Waals surface area contributed by atoms with Crippen molar-refractivity contribution in [2.45, 2.75) is 19.9 Å². The number of nitrogens with one attached hydrogen (secondary N) is 2. The summed E-state index contributed by atoms with van der Waals surface area (Å²) >= 11 is 0. The highest BCUT2D eigenvalue weighted by atomic mass is 16.2. The smallest absolute Gasteiger partial charge is 0.246 e. The molecule has 1 heterocycles. The lowest BCUT2D eigenvalue weighted by Crippen LogP contribution is -2.40. The summed E-state index contributed by atoms with van der Waals surface area (Å²) in [7, 11) is 0. The number of para-hydroxylation sites is 1. The van der Waals surface area contributed by atoms with Crippen molar-refractivity contribution in [1.29, 1.82) is 0 Å². The number of nitrogens with zero attached hydrogens (tertiary/aromatic N) is 1. The fourth-order valence-electron chi connectivity index (χ4n) is 1.82. The molecule has 5 nitrogen and oxygen atoms in total. The molecule has 0 radical (unpaired) electrons. The summed E-state index contributed by atoms with van der Waals surface area (Å²) in [5.41, 5.74) is 1.37. The van der Waals surface area contributed by atoms with Gasteiger partial charge in [-0.2, -0.15) is 0 Å². The fraction of sp³-hybridized carbons (Fsp3) is 0.214. The van der Waals surface area contributed by atoms with Gasteiger partial charge < -0.3 is 10.6 Å². The van der Waals surface area contributed by atoms with E-state index in [0.717, 1.165) is 10.9 Å². The highest BCUT2D eigenvalue weighted by Gasteiger charge is 2.14. The van der Waals surface area contributed by atoms with Crippen molar-refractivity contribution in [3.05, 3.63) is 36.5 Å². The second-order valence-corrected chi connectivity index (χ2v) is 4.29. The van der Waals surface area contributed by atoms with E-state index in [0.29, 0.717) is 5.69 Å². The zero-order chi connectivity index (χ0) is 13.8. The molecule has 98 valence electrons. The number of rotatable bonds is 3. The number of anilines is 1. The van der Waals surface area contributed by atoms with Crippen molar-refractivity contribution in [1.82, 2.24) is 10.3 Å². The normalized spacial score (nSPS) is 11.9. The Kier molecular flexibility index (Phi) is 3.75. The summed E-state index contributed by atoms with van der Waals surface area (Å²) in [6, 6.07) is 8.74. The molecular formula is C14H15N3O2. The van der Waals surface area contributed by atoms with E-state index < -0.39 is 6.04 Å². The van der Waals surface area contributed by atoms with E-state index in [1.807, 2.05) is 24.3 Å². The van der Waals surface area contributed by atoms with Crippen molar-refractivity contribution in [3.8, 4) is 0 Å². The predicted octanol–water partition coefficient (Wildman–Crippen LogP) is 1.70. The number of amides is 2. The summed E-state index contributed by atoms with van der Waals surface area (Å²) in [6.07, 6.45) is 1.68. The number of pyridine rings is 1. The molecule has 2 amide bonds. The van der Waals surface area contributed by atoms with Gasteiger partial charge in [-0.05, 0) is 19.1 Å². The van der Waals surface area contributed by atoms with E-state index in [9.17, 15) is 9.59 Å². The maximum atomic E-state index is 11.9. The third-order valence-corrected chi connectivity index (χ3v) is 2.70. The van der Waals surface area contributed by atoms with Crippen LogP contribution in [-0.2, 0) is 9.59 Å². The van der Waals surface area contributed by atoms with Crippen LogP contribution in [0, 0.1) is 0 Å². The molecule has 2 aromatic rings. The molecule has 0 bridgehead atoms. The molecule has 0 unspecified atom stereocenters. The van der Waals surface area contributed by atoms with Crippen molar-refractivity contribution in [2.75, 3.05) is 5.32 Å². The van der Waals surface area contributed by atoms with Crippen LogP contribution in [0.5, 0.6) is 0 Å². The van der Waals surface area contributed by atoms with Gasteiger partial charge in [0.2, 0.25) is 11.8 Å². The van der Waals surface area contributed by atoms with E-state index in [-0.39, 0.29) is 11.8 Å². The third-order valence-electron chi connectivity index (χ3n) is 2.70. The standard InChI is InChI=1S/C14H15N3O2/c1-9(16-10(2)18)14(19)17-12-7-3-5-11-6-4-8-15-13(11)12/h3-9H,1-2H3,(H,16,18)(H,17,19)/t9-/m0/s1. The number of carbonyl (C=O) groups is 2. The van der Waals surface area contributed by atoms with Crippen LogP contribution in [0.4, 0.5) is 5.69 Å². The first-order chi connectivity index (χ1) is 9.08. The molecule has 0 saturated heterocycles. The zero-order valence-electron chi connectivity index (χ0n) is 10.8. The molecule has 0 saturated carbocycles. The Bertz CT molecular complexity index is 620. The lowest BCUT2D eigenvalue weighted by Gasteiger charge is -2.13. The molecular weight excluding hydrogens is 242 g/mol. The summed E-state index contributed by atoms with van der Waals surface area (Å²) in [4.78, 5) is 27.1. The Labute approximate surface area is 111 Å². The maximum absolute atomic E-state index is 11.9. The molecule has 0 aliphatic rings. The summed E-state index contributed by atoms with van der Waals surface area (Å²) < 4.78 is 0. The number of hydrogen-bond acceptors (Lipinski definition) is 3. The van der Waals surface area contributed by atoms with Crippen LogP contribution < -0.4 is 10.6 Å². The van der Waals surface area contributed by atoms with Gasteiger partial charge in [0, 0.05) is 18.5 Å². The van der Waals surface area contributed by atoms with Crippen LogP contribution in [0.15, 0.2) is 36.5 Å². The third kappa shape index (κ3) is 3.07. The summed E-state index contributed by atoms with van der Waals surface area (Å²) in [5.74, 6) is -0.507. The van der Waals surface area contributed by atoms with Crippen LogP contribution in [0.1, 0.15) is 13.8 Å². The van der Waals surface area contributed by atoms with Gasteiger partial charge in [0.15, 0.2) is 0 Å². The highest BCUT2D eigenvalue weighted by molar-refractivity contribution is 6.02. The maximum Gasteiger partial charge on any atom is 0.246 e. The van der Waals surface area contributed by atoms with Gasteiger partial charge >= 0.3 is 0 Å². The number of benzene rings is 1. The van der Waals surface area contributed by atoms with Crippen LogP contribution >= 0.6 is 0 Å². The Balaban J connectivity index is 2.22. The molecule has 0 aliphatic carbocycles. The molecule has 0 aliphatic heterocycles. The molecule has 0 fully saturated rings. The van der Waals surface area contributed by atoms with Gasteiger partial charge in [0.25, 0.3) is 0 Å². The monoisotopic (exact) mass is 257 g/mol. The van der Waals surface area contributed by atoms with Gasteiger partial charge in [-0.1, -0.05) is 18.2 Å². The minimum Gasteiger partial charge on any atom is -0.345 e. The highest BCUT2D eigenvalue weighted by Crippen LogP contribution is 2.20. The van der Waals surface area contributed by atoms with E-state index in [1.165, 1.54) is 6.92 Å². The quantitative estimate of drug-likeness (QED) is 0.879. The van der Waals surface area contributed by atoms with Gasteiger partial charge in [-0.25, -0.2) is 0 Å². The van der Waals surface area contributed by atoms with Crippen molar-refractivity contribution in [2.24, 2.45) is 0 Å². The number of carbonyl (C=O) groups excluding carboxylic acids is 2. The van der Waals surface area contributed by atoms with Gasteiger partial charge in [0.1, 0.15) is 6.04 Å². The Morgan fingerprint density at radius 2 is 1.95 bits per heavy atom. The Morgan fingerprint density at radius 3 is 2.68 bits per heavy atom. The van der Waals surface area contributed by atoms with Crippen LogP contribution in [0.2, 0.25) is 0 Å². The lowest BCUT2D eigenvalue weighted by molar-refractivity contribution is -0.124. The van der Waals surface area contributed by atoms with Crippen molar-refractivity contribution >= 4 is 28.4 Å². The minimum atomic E-state index is -0.587. The predicted molar refractivity (Wildman–Crippen MR) is 73.7 cm³/mol. The van der Waals surface area contributed by atoms with E-state index >= 15 is 0 Å². The first-order valence-corrected chi connectivity index (χ1v) is 5.99. The van der Waals surface area contributed by atoms with Crippen LogP contribution in [-0.4, -0.2) is 22.8 Å². The summed E-state index contributed by atoms with van der Waals surface area (Å²) in [6.45, 7) is 3.01. The zero-order valence-corrected chi connectivity index (χ0v) is 10.8. The first-order valence-electron chi connectivity index (χ1n) is 5.99. The molecule has 2 rings (SSSR count). The Hall–Kier alpha value is -2.43. The second kappa shape index (κ2) is 5.48. The summed E-state index contributed by atoms with van der Waals surface area (Å²) in [5, 5.41) is 6.26. The van der Waals surface area contributed by atoms with E-state index in [2.05, 4.69) is 15.6 Å². The molecule has 5 heteroatoms. The number of fused-ring (bicyclic) bond motifs is 1. The van der Waals surface area contributed by atoms with Gasteiger partial charge in [-0.3, -0.25) is 14.6 Å². The topological polar surface area (TPSA) is 71.1 Å². The molecule has 2 N–H and O–H groups in total. The SMILES string of the molecule is CC(=O)N[C@@H](C)C(=O)Nc1cccc2cccnc12. The minimum absolute atomic E-state index is 0.237. The largest absolute Gasteiger partial charge is 0.345 e. The fourth-order valence-corrected chi connectivity index (χ4v) is 1.82. The number of hydrogen-bond donors (Lipinski definition) is 2. The van der Waals surface area contributed by atoms with Gasteiger partial charge in [-0.15, -0.1) is 0 Å². The average Bonchev–Trinajstić information content (AvgIpc) is 2.38. The molecule has 1 atom stereocenters. The molecule has 19 heavy (non-hydrogen) atoms. The Morgan fingerprint density at radius 1 is 1.21 bits per heavy atom. The first kappa shape index (κ1) is 13.0. The molecule has 1 aromatic carbocycles. The van der Waals surface area contributed by atoms with Crippen molar-refractivity contribution in [3.63, 3.8) is 0 Å². The van der Waals surface area contributed by atoms with E-state index in [1.54, 1.807) is 19.2 Å². The second-order valence-electron chi connectivity index (χ2n) is 4.29. The molecule has 1 aromatic heterocycles. The lowest BCUT2D eigenvalue weighted by atomic mass is 10.2.